The van der Waals surface area contributed by atoms with Crippen molar-refractivity contribution in [2.45, 2.75) is 53.0 Å². The minimum Gasteiger partial charge on any atom is -0.464 e. The van der Waals surface area contributed by atoms with E-state index in [2.05, 4.69) is 28.0 Å². The lowest BCUT2D eigenvalue weighted by Crippen LogP contribution is -2.24. The van der Waals surface area contributed by atoms with Crippen LogP contribution in [-0.2, 0) is 9.53 Å². The number of esters is 1. The molecule has 2 aromatic carbocycles. The number of halogens is 1. The van der Waals surface area contributed by atoms with Gasteiger partial charge in [0.25, 0.3) is 5.56 Å². The van der Waals surface area contributed by atoms with Crippen molar-refractivity contribution >= 4 is 49.9 Å². The van der Waals surface area contributed by atoms with Gasteiger partial charge in [-0.05, 0) is 51.5 Å². The summed E-state index contributed by atoms with van der Waals surface area (Å²) >= 11 is 3.45. The number of carbonyl (C=O) groups is 1. The molecule has 2 aromatic heterocycles. The van der Waals surface area contributed by atoms with Crippen molar-refractivity contribution in [3.05, 3.63) is 74.4 Å². The predicted octanol–water partition coefficient (Wildman–Crippen LogP) is 5.94. The molecule has 0 radical (unpaired) electrons. The Labute approximate surface area is 212 Å². The third-order valence-electron chi connectivity index (χ3n) is 6.41. The lowest BCUT2D eigenvalue weighted by atomic mass is 10.1. The van der Waals surface area contributed by atoms with Crippen molar-refractivity contribution < 1.29 is 9.53 Å². The molecular formula is C27H29BrN4O3. The molecule has 0 unspecified atom stereocenters. The monoisotopic (exact) mass is 536 g/mol. The number of hydrogen-bond acceptors (Lipinski definition) is 5. The second-order valence-electron chi connectivity index (χ2n) is 8.62. The number of para-hydroxylation sites is 1. The number of hydrogen-bond donors (Lipinski definition) is 0. The van der Waals surface area contributed by atoms with Gasteiger partial charge in [0.15, 0.2) is 0 Å². The lowest BCUT2D eigenvalue weighted by Gasteiger charge is -2.16. The molecule has 0 aliphatic heterocycles. The first-order valence-electron chi connectivity index (χ1n) is 11.8. The van der Waals surface area contributed by atoms with E-state index in [-0.39, 0.29) is 17.4 Å². The Bertz CT molecular complexity index is 1500. The molecule has 0 amide bonds. The minimum absolute atomic E-state index is 0.0409. The summed E-state index contributed by atoms with van der Waals surface area (Å²) in [6.07, 6.45) is 2.52. The van der Waals surface area contributed by atoms with Crippen molar-refractivity contribution in [1.29, 1.82) is 0 Å². The van der Waals surface area contributed by atoms with Crippen LogP contribution in [0.1, 0.15) is 63.2 Å². The SMILES string of the molecule is CCOC(=O)[C@H](C)n1c(C)c(C=Nn2c([C@H](C)CC)nc3ccc(Br)cc3c2=O)c2ccccc21. The van der Waals surface area contributed by atoms with Crippen LogP contribution >= 0.6 is 15.9 Å². The number of nitrogens with zero attached hydrogens (tertiary/aromatic N) is 4. The first kappa shape index (κ1) is 24.9. The first-order chi connectivity index (χ1) is 16.8. The van der Waals surface area contributed by atoms with E-state index in [9.17, 15) is 9.59 Å². The third kappa shape index (κ3) is 4.55. The average Bonchev–Trinajstić information content (AvgIpc) is 3.13. The Kier molecular flexibility index (Phi) is 7.21. The van der Waals surface area contributed by atoms with Crippen LogP contribution in [0.2, 0.25) is 0 Å². The van der Waals surface area contributed by atoms with Gasteiger partial charge < -0.3 is 9.30 Å². The van der Waals surface area contributed by atoms with Crippen LogP contribution in [0.15, 0.2) is 56.8 Å². The summed E-state index contributed by atoms with van der Waals surface area (Å²) in [5.74, 6) is 0.364. The van der Waals surface area contributed by atoms with Crippen LogP contribution in [0.3, 0.4) is 0 Å². The van der Waals surface area contributed by atoms with E-state index < -0.39 is 6.04 Å². The molecule has 0 aliphatic rings. The number of benzene rings is 2. The maximum atomic E-state index is 13.5. The predicted molar refractivity (Wildman–Crippen MR) is 143 cm³/mol. The summed E-state index contributed by atoms with van der Waals surface area (Å²) in [5.41, 5.74) is 3.04. The van der Waals surface area contributed by atoms with E-state index >= 15 is 0 Å². The van der Waals surface area contributed by atoms with Crippen LogP contribution in [0.5, 0.6) is 0 Å². The maximum absolute atomic E-state index is 13.5. The minimum atomic E-state index is -0.500. The summed E-state index contributed by atoms with van der Waals surface area (Å²) in [7, 11) is 0. The Balaban J connectivity index is 1.92. The highest BCUT2D eigenvalue weighted by atomic mass is 79.9. The van der Waals surface area contributed by atoms with Gasteiger partial charge >= 0.3 is 5.97 Å². The van der Waals surface area contributed by atoms with Gasteiger partial charge in [-0.25, -0.2) is 9.78 Å². The van der Waals surface area contributed by atoms with Gasteiger partial charge in [0.05, 0.1) is 23.7 Å². The summed E-state index contributed by atoms with van der Waals surface area (Å²) < 4.78 is 9.45. The lowest BCUT2D eigenvalue weighted by molar-refractivity contribution is -0.146. The fourth-order valence-electron chi connectivity index (χ4n) is 4.34. The molecule has 35 heavy (non-hydrogen) atoms. The zero-order valence-corrected chi connectivity index (χ0v) is 22.2. The van der Waals surface area contributed by atoms with Gasteiger partial charge in [-0.2, -0.15) is 9.78 Å². The van der Waals surface area contributed by atoms with Crippen LogP contribution in [-0.4, -0.2) is 33.0 Å². The molecule has 0 bridgehead atoms. The molecule has 4 aromatic rings. The van der Waals surface area contributed by atoms with E-state index in [4.69, 9.17) is 9.72 Å². The molecule has 0 saturated carbocycles. The van der Waals surface area contributed by atoms with Crippen molar-refractivity contribution in [3.63, 3.8) is 0 Å². The highest BCUT2D eigenvalue weighted by molar-refractivity contribution is 9.10. The molecule has 0 spiro atoms. The topological polar surface area (TPSA) is 78.5 Å². The molecule has 182 valence electrons. The highest BCUT2D eigenvalue weighted by Gasteiger charge is 2.23. The van der Waals surface area contributed by atoms with Gasteiger partial charge in [0, 0.05) is 32.6 Å². The highest BCUT2D eigenvalue weighted by Crippen LogP contribution is 2.29. The molecule has 0 saturated heterocycles. The maximum Gasteiger partial charge on any atom is 0.328 e. The fourth-order valence-corrected chi connectivity index (χ4v) is 4.70. The average molecular weight is 537 g/mol. The zero-order chi connectivity index (χ0) is 25.3. The molecule has 2 heterocycles. The molecule has 2 atom stereocenters. The summed E-state index contributed by atoms with van der Waals surface area (Å²) in [6, 6.07) is 12.8. The largest absolute Gasteiger partial charge is 0.464 e. The van der Waals surface area contributed by atoms with E-state index in [0.29, 0.717) is 23.3 Å². The van der Waals surface area contributed by atoms with Gasteiger partial charge in [0.1, 0.15) is 11.9 Å². The summed E-state index contributed by atoms with van der Waals surface area (Å²) in [4.78, 5) is 30.8. The third-order valence-corrected chi connectivity index (χ3v) is 6.90. The first-order valence-corrected chi connectivity index (χ1v) is 12.6. The molecular weight excluding hydrogens is 508 g/mol. The van der Waals surface area contributed by atoms with Gasteiger partial charge in [-0.1, -0.05) is 48.0 Å². The van der Waals surface area contributed by atoms with Gasteiger partial charge in [-0.3, -0.25) is 4.79 Å². The number of fused-ring (bicyclic) bond motifs is 2. The van der Waals surface area contributed by atoms with Crippen molar-refractivity contribution in [3.8, 4) is 0 Å². The second-order valence-corrected chi connectivity index (χ2v) is 9.53. The van der Waals surface area contributed by atoms with E-state index in [0.717, 1.165) is 33.1 Å². The Morgan fingerprint density at radius 2 is 1.91 bits per heavy atom. The molecule has 4 rings (SSSR count). The van der Waals surface area contributed by atoms with Crippen LogP contribution < -0.4 is 5.56 Å². The normalized spacial score (nSPS) is 13.5. The van der Waals surface area contributed by atoms with Crippen molar-refractivity contribution in [2.24, 2.45) is 5.10 Å². The molecule has 0 fully saturated rings. The second kappa shape index (κ2) is 10.2. The van der Waals surface area contributed by atoms with Crippen LogP contribution in [0, 0.1) is 6.92 Å². The summed E-state index contributed by atoms with van der Waals surface area (Å²) in [6.45, 7) is 10.00. The quantitative estimate of drug-likeness (QED) is 0.216. The standard InChI is InChI=1S/C27H29BrN4O3/c1-6-16(3)25-30-23-13-12-19(28)14-21(23)26(33)32(25)29-15-22-17(4)31(18(5)27(34)35-7-2)24-11-9-8-10-20(22)24/h8-16,18H,6-7H2,1-5H3/t16-,18+/m1/s1. The Morgan fingerprint density at radius 1 is 1.17 bits per heavy atom. The molecule has 8 heteroatoms. The molecule has 0 N–H and O–H groups in total. The molecule has 0 aliphatic carbocycles. The van der Waals surface area contributed by atoms with Gasteiger partial charge in [-0.15, -0.1) is 0 Å². The summed E-state index contributed by atoms with van der Waals surface area (Å²) in [5, 5.41) is 6.10. The smallest absolute Gasteiger partial charge is 0.328 e. The van der Waals surface area contributed by atoms with Crippen LogP contribution in [0.4, 0.5) is 0 Å². The van der Waals surface area contributed by atoms with Crippen LogP contribution in [0.25, 0.3) is 21.8 Å². The number of rotatable bonds is 7. The van der Waals surface area contributed by atoms with E-state index in [1.54, 1.807) is 19.2 Å². The Morgan fingerprint density at radius 3 is 2.63 bits per heavy atom. The van der Waals surface area contributed by atoms with Gasteiger partial charge in [0.2, 0.25) is 0 Å². The number of carbonyl (C=O) groups excluding carboxylic acids is 1. The number of ether oxygens (including phenoxy) is 1. The van der Waals surface area contributed by atoms with E-state index in [1.165, 1.54) is 4.68 Å². The van der Waals surface area contributed by atoms with Crippen molar-refractivity contribution in [2.75, 3.05) is 6.61 Å². The molecule has 7 nitrogen and oxygen atoms in total. The zero-order valence-electron chi connectivity index (χ0n) is 20.6. The fraction of sp³-hybridized carbons (Fsp3) is 0.333. The Hall–Kier alpha value is -3.26. The number of aromatic nitrogens is 3. The van der Waals surface area contributed by atoms with Crippen molar-refractivity contribution in [1.82, 2.24) is 14.2 Å². The van der Waals surface area contributed by atoms with E-state index in [1.807, 2.05) is 61.7 Å².